The van der Waals surface area contributed by atoms with E-state index in [1.54, 1.807) is 0 Å². The van der Waals surface area contributed by atoms with Gasteiger partial charge in [0.2, 0.25) is 0 Å². The fourth-order valence-electron chi connectivity index (χ4n) is 2.41. The van der Waals surface area contributed by atoms with Gasteiger partial charge in [0.05, 0.1) is 0 Å². The van der Waals surface area contributed by atoms with Crippen LogP contribution in [-0.4, -0.2) is 38.3 Å². The number of benzene rings is 1. The molecule has 0 bridgehead atoms. The van der Waals surface area contributed by atoms with Gasteiger partial charge in [-0.1, -0.05) is 18.2 Å². The Morgan fingerprint density at radius 1 is 1.22 bits per heavy atom. The van der Waals surface area contributed by atoms with E-state index >= 15 is 0 Å². The van der Waals surface area contributed by atoms with Crippen molar-refractivity contribution in [2.45, 2.75) is 31.8 Å². The molecule has 0 aliphatic carbocycles. The SMILES string of the molecule is CN(C)Cc1ccccc1NC1CCCOCC1. The summed E-state index contributed by atoms with van der Waals surface area (Å²) in [7, 11) is 4.21. The fourth-order valence-corrected chi connectivity index (χ4v) is 2.41. The van der Waals surface area contributed by atoms with E-state index in [0.717, 1.165) is 32.6 Å². The molecule has 1 aromatic carbocycles. The van der Waals surface area contributed by atoms with Crippen LogP contribution in [0.1, 0.15) is 24.8 Å². The third-order valence-corrected chi connectivity index (χ3v) is 3.32. The fraction of sp³-hybridized carbons (Fsp3) is 0.600. The average molecular weight is 248 g/mol. The summed E-state index contributed by atoms with van der Waals surface area (Å²) in [4.78, 5) is 2.21. The number of hydrogen-bond acceptors (Lipinski definition) is 3. The topological polar surface area (TPSA) is 24.5 Å². The van der Waals surface area contributed by atoms with E-state index in [1.807, 2.05) is 0 Å². The van der Waals surface area contributed by atoms with Gasteiger partial charge in [0, 0.05) is 31.5 Å². The molecule has 1 saturated heterocycles. The standard InChI is InChI=1S/C15H24N2O/c1-17(2)12-13-6-3-4-8-15(13)16-14-7-5-10-18-11-9-14/h3-4,6,8,14,16H,5,7,9-12H2,1-2H3. The molecule has 100 valence electrons. The van der Waals surface area contributed by atoms with E-state index in [-0.39, 0.29) is 0 Å². The molecule has 0 saturated carbocycles. The summed E-state index contributed by atoms with van der Waals surface area (Å²) >= 11 is 0. The second-order valence-corrected chi connectivity index (χ2v) is 5.28. The highest BCUT2D eigenvalue weighted by atomic mass is 16.5. The molecule has 1 aromatic rings. The van der Waals surface area contributed by atoms with Gasteiger partial charge in [0.1, 0.15) is 0 Å². The summed E-state index contributed by atoms with van der Waals surface area (Å²) in [5, 5.41) is 3.69. The summed E-state index contributed by atoms with van der Waals surface area (Å²) in [5.74, 6) is 0. The molecule has 1 unspecified atom stereocenters. The Morgan fingerprint density at radius 3 is 2.89 bits per heavy atom. The van der Waals surface area contributed by atoms with E-state index < -0.39 is 0 Å². The number of hydrogen-bond donors (Lipinski definition) is 1. The number of nitrogens with zero attached hydrogens (tertiary/aromatic N) is 1. The molecule has 2 rings (SSSR count). The van der Waals surface area contributed by atoms with Crippen molar-refractivity contribution in [3.63, 3.8) is 0 Å². The van der Waals surface area contributed by atoms with Gasteiger partial charge in [-0.3, -0.25) is 0 Å². The lowest BCUT2D eigenvalue weighted by Crippen LogP contribution is -2.21. The van der Waals surface area contributed by atoms with Crippen LogP contribution in [0, 0.1) is 0 Å². The van der Waals surface area contributed by atoms with Crippen LogP contribution in [0.25, 0.3) is 0 Å². The summed E-state index contributed by atoms with van der Waals surface area (Å²) in [6.07, 6.45) is 3.47. The Bertz CT molecular complexity index is 357. The maximum Gasteiger partial charge on any atom is 0.0485 e. The predicted molar refractivity (Wildman–Crippen MR) is 75.9 cm³/mol. The smallest absolute Gasteiger partial charge is 0.0485 e. The lowest BCUT2D eigenvalue weighted by molar-refractivity contribution is 0.144. The van der Waals surface area contributed by atoms with Crippen molar-refractivity contribution in [3.05, 3.63) is 29.8 Å². The van der Waals surface area contributed by atoms with Crippen LogP contribution < -0.4 is 5.32 Å². The van der Waals surface area contributed by atoms with Crippen LogP contribution in [0.4, 0.5) is 5.69 Å². The molecule has 1 aliphatic rings. The first kappa shape index (κ1) is 13.4. The predicted octanol–water partition coefficient (Wildman–Crippen LogP) is 2.73. The van der Waals surface area contributed by atoms with Gasteiger partial charge >= 0.3 is 0 Å². The molecule has 1 aliphatic heterocycles. The molecule has 0 amide bonds. The highest BCUT2D eigenvalue weighted by molar-refractivity contribution is 5.51. The van der Waals surface area contributed by atoms with Crippen LogP contribution in [0.15, 0.2) is 24.3 Å². The highest BCUT2D eigenvalue weighted by Gasteiger charge is 2.13. The van der Waals surface area contributed by atoms with Crippen molar-refractivity contribution < 1.29 is 4.74 Å². The van der Waals surface area contributed by atoms with E-state index in [0.29, 0.717) is 6.04 Å². The molecule has 1 heterocycles. The minimum absolute atomic E-state index is 0.552. The Morgan fingerprint density at radius 2 is 2.06 bits per heavy atom. The van der Waals surface area contributed by atoms with Gasteiger partial charge in [-0.15, -0.1) is 0 Å². The molecule has 0 aromatic heterocycles. The van der Waals surface area contributed by atoms with E-state index in [1.165, 1.54) is 17.7 Å². The maximum atomic E-state index is 5.51. The largest absolute Gasteiger partial charge is 0.382 e. The molecule has 1 fully saturated rings. The summed E-state index contributed by atoms with van der Waals surface area (Å²) in [6, 6.07) is 9.16. The zero-order valence-corrected chi connectivity index (χ0v) is 11.5. The van der Waals surface area contributed by atoms with Crippen molar-refractivity contribution in [2.24, 2.45) is 0 Å². The molecular formula is C15H24N2O. The average Bonchev–Trinajstić information content (AvgIpc) is 2.60. The lowest BCUT2D eigenvalue weighted by atomic mass is 10.1. The Kier molecular flexibility index (Phi) is 5.02. The van der Waals surface area contributed by atoms with Crippen LogP contribution in [0.2, 0.25) is 0 Å². The molecule has 0 radical (unpaired) electrons. The minimum atomic E-state index is 0.552. The second-order valence-electron chi connectivity index (χ2n) is 5.28. The molecule has 0 spiro atoms. The third-order valence-electron chi connectivity index (χ3n) is 3.32. The number of ether oxygens (including phenoxy) is 1. The molecule has 18 heavy (non-hydrogen) atoms. The van der Waals surface area contributed by atoms with Gasteiger partial charge < -0.3 is 15.0 Å². The van der Waals surface area contributed by atoms with Gasteiger partial charge in [0.25, 0.3) is 0 Å². The summed E-state index contributed by atoms with van der Waals surface area (Å²) < 4.78 is 5.51. The molecule has 1 atom stereocenters. The summed E-state index contributed by atoms with van der Waals surface area (Å²) in [5.41, 5.74) is 2.64. The van der Waals surface area contributed by atoms with Crippen LogP contribution in [0.3, 0.4) is 0 Å². The Balaban J connectivity index is 2.02. The number of nitrogens with one attached hydrogen (secondary N) is 1. The van der Waals surface area contributed by atoms with Crippen LogP contribution >= 0.6 is 0 Å². The van der Waals surface area contributed by atoms with E-state index in [2.05, 4.69) is 48.6 Å². The molecule has 1 N–H and O–H groups in total. The van der Waals surface area contributed by atoms with E-state index in [9.17, 15) is 0 Å². The highest BCUT2D eigenvalue weighted by Crippen LogP contribution is 2.20. The first-order valence-electron chi connectivity index (χ1n) is 6.82. The van der Waals surface area contributed by atoms with Gasteiger partial charge in [-0.2, -0.15) is 0 Å². The number of rotatable bonds is 4. The van der Waals surface area contributed by atoms with Crippen LogP contribution in [-0.2, 0) is 11.3 Å². The first-order chi connectivity index (χ1) is 8.75. The van der Waals surface area contributed by atoms with Crippen LogP contribution in [0.5, 0.6) is 0 Å². The maximum absolute atomic E-state index is 5.51. The van der Waals surface area contributed by atoms with Crippen molar-refractivity contribution in [3.8, 4) is 0 Å². The zero-order valence-electron chi connectivity index (χ0n) is 11.5. The monoisotopic (exact) mass is 248 g/mol. The Labute approximate surface area is 110 Å². The Hall–Kier alpha value is -1.06. The third kappa shape index (κ3) is 4.00. The first-order valence-corrected chi connectivity index (χ1v) is 6.82. The lowest BCUT2D eigenvalue weighted by Gasteiger charge is -2.21. The van der Waals surface area contributed by atoms with Gasteiger partial charge in [-0.05, 0) is 45.0 Å². The van der Waals surface area contributed by atoms with E-state index in [4.69, 9.17) is 4.74 Å². The van der Waals surface area contributed by atoms with Crippen molar-refractivity contribution in [2.75, 3.05) is 32.6 Å². The minimum Gasteiger partial charge on any atom is -0.382 e. The quantitative estimate of drug-likeness (QED) is 0.886. The van der Waals surface area contributed by atoms with Crippen molar-refractivity contribution >= 4 is 5.69 Å². The van der Waals surface area contributed by atoms with Gasteiger partial charge in [0.15, 0.2) is 0 Å². The molecule has 3 nitrogen and oxygen atoms in total. The van der Waals surface area contributed by atoms with Crippen molar-refractivity contribution in [1.82, 2.24) is 4.90 Å². The van der Waals surface area contributed by atoms with Gasteiger partial charge in [-0.25, -0.2) is 0 Å². The number of para-hydroxylation sites is 1. The number of anilines is 1. The van der Waals surface area contributed by atoms with Crippen molar-refractivity contribution in [1.29, 1.82) is 0 Å². The zero-order chi connectivity index (χ0) is 12.8. The molecular weight excluding hydrogens is 224 g/mol. The summed E-state index contributed by atoms with van der Waals surface area (Å²) in [6.45, 7) is 2.78. The second kappa shape index (κ2) is 6.76. The molecule has 3 heteroatoms. The normalized spacial score (nSPS) is 20.7.